The summed E-state index contributed by atoms with van der Waals surface area (Å²) < 4.78 is 12.8. The smallest absolute Gasteiger partial charge is 0.163 e. The molecule has 0 saturated carbocycles. The van der Waals surface area contributed by atoms with E-state index in [1.54, 1.807) is 14.2 Å². The SMILES string of the molecule is COc1cc2nc(-c3cccc(N)c3)n(CCN)c2cc1OC. The highest BCUT2D eigenvalue weighted by Crippen LogP contribution is 2.34. The van der Waals surface area contributed by atoms with Crippen molar-refractivity contribution < 1.29 is 9.47 Å². The zero-order chi connectivity index (χ0) is 16.4. The van der Waals surface area contributed by atoms with Crippen molar-refractivity contribution in [2.24, 2.45) is 5.73 Å². The van der Waals surface area contributed by atoms with Gasteiger partial charge < -0.3 is 25.5 Å². The highest BCUT2D eigenvalue weighted by atomic mass is 16.5. The van der Waals surface area contributed by atoms with Crippen LogP contribution < -0.4 is 20.9 Å². The summed E-state index contributed by atoms with van der Waals surface area (Å²) in [4.78, 5) is 4.74. The van der Waals surface area contributed by atoms with Crippen LogP contribution in [-0.2, 0) is 6.54 Å². The molecule has 23 heavy (non-hydrogen) atoms. The predicted molar refractivity (Wildman–Crippen MR) is 91.7 cm³/mol. The molecule has 4 N–H and O–H groups in total. The number of anilines is 1. The number of rotatable bonds is 5. The summed E-state index contributed by atoms with van der Waals surface area (Å²) in [6.07, 6.45) is 0. The van der Waals surface area contributed by atoms with E-state index in [2.05, 4.69) is 4.57 Å². The molecule has 0 spiro atoms. The van der Waals surface area contributed by atoms with E-state index in [-0.39, 0.29) is 0 Å². The second kappa shape index (κ2) is 6.18. The first-order chi connectivity index (χ1) is 11.2. The van der Waals surface area contributed by atoms with Gasteiger partial charge in [0.1, 0.15) is 5.82 Å². The summed E-state index contributed by atoms with van der Waals surface area (Å²) in [5, 5.41) is 0. The average molecular weight is 312 g/mol. The van der Waals surface area contributed by atoms with E-state index < -0.39 is 0 Å². The van der Waals surface area contributed by atoms with Crippen LogP contribution in [0, 0.1) is 0 Å². The number of imidazole rings is 1. The lowest BCUT2D eigenvalue weighted by molar-refractivity contribution is 0.355. The number of fused-ring (bicyclic) bond motifs is 1. The van der Waals surface area contributed by atoms with Gasteiger partial charge >= 0.3 is 0 Å². The number of nitrogens with zero attached hydrogens (tertiary/aromatic N) is 2. The minimum Gasteiger partial charge on any atom is -0.493 e. The van der Waals surface area contributed by atoms with Crippen molar-refractivity contribution in [1.82, 2.24) is 9.55 Å². The molecule has 0 aliphatic carbocycles. The van der Waals surface area contributed by atoms with Crippen molar-refractivity contribution in [3.05, 3.63) is 36.4 Å². The molecular formula is C17H20N4O2. The summed E-state index contributed by atoms with van der Waals surface area (Å²) in [5.74, 6) is 2.14. The molecule has 0 bridgehead atoms. The predicted octanol–water partition coefficient (Wildman–Crippen LogP) is 2.26. The Labute approximate surface area is 134 Å². The van der Waals surface area contributed by atoms with E-state index in [0.717, 1.165) is 22.4 Å². The first kappa shape index (κ1) is 15.2. The number of hydrogen-bond donors (Lipinski definition) is 2. The van der Waals surface area contributed by atoms with Gasteiger partial charge in [-0.05, 0) is 12.1 Å². The van der Waals surface area contributed by atoms with E-state index in [0.29, 0.717) is 30.3 Å². The molecule has 6 nitrogen and oxygen atoms in total. The minimum atomic E-state index is 0.509. The van der Waals surface area contributed by atoms with Crippen molar-refractivity contribution >= 4 is 16.7 Å². The van der Waals surface area contributed by atoms with Crippen LogP contribution in [0.5, 0.6) is 11.5 Å². The number of nitrogens with two attached hydrogens (primary N) is 2. The lowest BCUT2D eigenvalue weighted by Crippen LogP contribution is -2.11. The topological polar surface area (TPSA) is 88.3 Å². The molecule has 1 heterocycles. The second-order valence-corrected chi connectivity index (χ2v) is 5.20. The first-order valence-electron chi connectivity index (χ1n) is 7.36. The molecule has 0 unspecified atom stereocenters. The fourth-order valence-electron chi connectivity index (χ4n) is 2.71. The van der Waals surface area contributed by atoms with Crippen molar-refractivity contribution in [3.63, 3.8) is 0 Å². The Balaban J connectivity index is 2.27. The average Bonchev–Trinajstić information content (AvgIpc) is 2.91. The van der Waals surface area contributed by atoms with E-state index in [1.165, 1.54) is 0 Å². The van der Waals surface area contributed by atoms with Gasteiger partial charge in [0, 0.05) is 36.5 Å². The number of nitrogen functional groups attached to an aromatic ring is 1. The molecule has 0 aliphatic rings. The summed E-state index contributed by atoms with van der Waals surface area (Å²) in [5.41, 5.74) is 15.1. The van der Waals surface area contributed by atoms with Gasteiger partial charge in [0.05, 0.1) is 25.3 Å². The van der Waals surface area contributed by atoms with Gasteiger partial charge in [-0.2, -0.15) is 0 Å². The second-order valence-electron chi connectivity index (χ2n) is 5.20. The largest absolute Gasteiger partial charge is 0.493 e. The normalized spacial score (nSPS) is 10.9. The van der Waals surface area contributed by atoms with E-state index in [4.69, 9.17) is 25.9 Å². The van der Waals surface area contributed by atoms with Crippen LogP contribution in [0.4, 0.5) is 5.69 Å². The monoisotopic (exact) mass is 312 g/mol. The first-order valence-corrected chi connectivity index (χ1v) is 7.36. The summed E-state index contributed by atoms with van der Waals surface area (Å²) in [6, 6.07) is 11.5. The van der Waals surface area contributed by atoms with Crippen LogP contribution in [0.15, 0.2) is 36.4 Å². The minimum absolute atomic E-state index is 0.509. The number of methoxy groups -OCH3 is 2. The van der Waals surface area contributed by atoms with Gasteiger partial charge in [-0.1, -0.05) is 12.1 Å². The van der Waals surface area contributed by atoms with Crippen LogP contribution in [0.3, 0.4) is 0 Å². The Morgan fingerprint density at radius 3 is 2.48 bits per heavy atom. The molecule has 0 amide bonds. The fraction of sp³-hybridized carbons (Fsp3) is 0.235. The van der Waals surface area contributed by atoms with Crippen molar-refractivity contribution in [1.29, 1.82) is 0 Å². The maximum absolute atomic E-state index is 5.90. The third-order valence-corrected chi connectivity index (χ3v) is 3.75. The Hall–Kier alpha value is -2.73. The Morgan fingerprint density at radius 1 is 1.09 bits per heavy atom. The lowest BCUT2D eigenvalue weighted by Gasteiger charge is -2.10. The molecule has 0 fully saturated rings. The molecule has 0 aliphatic heterocycles. The highest BCUT2D eigenvalue weighted by molar-refractivity contribution is 5.84. The quantitative estimate of drug-likeness (QED) is 0.706. The van der Waals surface area contributed by atoms with E-state index >= 15 is 0 Å². The van der Waals surface area contributed by atoms with Crippen LogP contribution in [-0.4, -0.2) is 30.3 Å². The molecule has 120 valence electrons. The van der Waals surface area contributed by atoms with Gasteiger partial charge in [-0.15, -0.1) is 0 Å². The molecule has 1 aromatic heterocycles. The highest BCUT2D eigenvalue weighted by Gasteiger charge is 2.16. The lowest BCUT2D eigenvalue weighted by atomic mass is 10.2. The zero-order valence-electron chi connectivity index (χ0n) is 13.2. The van der Waals surface area contributed by atoms with Gasteiger partial charge in [-0.25, -0.2) is 4.98 Å². The Morgan fingerprint density at radius 2 is 1.83 bits per heavy atom. The molecular weight excluding hydrogens is 292 g/mol. The number of ether oxygens (including phenoxy) is 2. The Kier molecular flexibility index (Phi) is 4.08. The van der Waals surface area contributed by atoms with Crippen molar-refractivity contribution in [2.75, 3.05) is 26.5 Å². The van der Waals surface area contributed by atoms with E-state index in [1.807, 2.05) is 36.4 Å². The summed E-state index contributed by atoms with van der Waals surface area (Å²) in [7, 11) is 3.23. The maximum atomic E-state index is 5.90. The molecule has 0 saturated heterocycles. The molecule has 2 aromatic carbocycles. The Bertz CT molecular complexity index is 842. The molecule has 6 heteroatoms. The van der Waals surface area contributed by atoms with Gasteiger partial charge in [0.25, 0.3) is 0 Å². The van der Waals surface area contributed by atoms with Crippen LogP contribution in [0.1, 0.15) is 0 Å². The van der Waals surface area contributed by atoms with E-state index in [9.17, 15) is 0 Å². The number of hydrogen-bond acceptors (Lipinski definition) is 5. The molecule has 0 atom stereocenters. The van der Waals surface area contributed by atoms with Crippen molar-refractivity contribution in [3.8, 4) is 22.9 Å². The molecule has 3 rings (SSSR count). The van der Waals surface area contributed by atoms with Crippen LogP contribution >= 0.6 is 0 Å². The summed E-state index contributed by atoms with van der Waals surface area (Å²) >= 11 is 0. The van der Waals surface area contributed by atoms with Crippen molar-refractivity contribution in [2.45, 2.75) is 6.54 Å². The third kappa shape index (κ3) is 2.68. The zero-order valence-corrected chi connectivity index (χ0v) is 13.2. The van der Waals surface area contributed by atoms with Crippen LogP contribution in [0.25, 0.3) is 22.4 Å². The standard InChI is InChI=1S/C17H20N4O2/c1-22-15-9-13-14(10-16(15)23-2)21(7-6-18)17(20-13)11-4-3-5-12(19)8-11/h3-5,8-10H,6-7,18-19H2,1-2H3. The molecule has 0 radical (unpaired) electrons. The third-order valence-electron chi connectivity index (χ3n) is 3.75. The van der Waals surface area contributed by atoms with Gasteiger partial charge in [0.2, 0.25) is 0 Å². The van der Waals surface area contributed by atoms with Crippen LogP contribution in [0.2, 0.25) is 0 Å². The number of aromatic nitrogens is 2. The maximum Gasteiger partial charge on any atom is 0.163 e. The molecule has 3 aromatic rings. The fourth-order valence-corrected chi connectivity index (χ4v) is 2.71. The van der Waals surface area contributed by atoms with Gasteiger partial charge in [0.15, 0.2) is 11.5 Å². The number of benzene rings is 2. The summed E-state index contributed by atoms with van der Waals surface area (Å²) in [6.45, 7) is 1.16. The van der Waals surface area contributed by atoms with Gasteiger partial charge in [-0.3, -0.25) is 0 Å².